The first-order valence-electron chi connectivity index (χ1n) is 6.75. The van der Waals surface area contributed by atoms with Crippen LogP contribution < -0.4 is 10.2 Å². The summed E-state index contributed by atoms with van der Waals surface area (Å²) in [6.45, 7) is 6.76. The average molecular weight is 246 g/mol. The fraction of sp³-hybridized carbons (Fsp3) is 0.533. The lowest BCUT2D eigenvalue weighted by atomic mass is 10.1. The summed E-state index contributed by atoms with van der Waals surface area (Å²) in [5, 5.41) is 3.03. The summed E-state index contributed by atoms with van der Waals surface area (Å²) in [6.07, 6.45) is 2.00. The highest BCUT2D eigenvalue weighted by Gasteiger charge is 2.27. The number of carbonyl (C=O) groups excluding carboxylic acids is 1. The number of amides is 1. The van der Waals surface area contributed by atoms with Crippen molar-refractivity contribution in [1.82, 2.24) is 5.32 Å². The maximum Gasteiger partial charge on any atom is 0.239 e. The van der Waals surface area contributed by atoms with Crippen LogP contribution in [0.4, 0.5) is 5.69 Å². The monoisotopic (exact) mass is 246 g/mol. The molecular formula is C15H22N2O. The molecule has 1 aromatic carbocycles. The summed E-state index contributed by atoms with van der Waals surface area (Å²) in [5.74, 6) is 0.118. The number of para-hydroxylation sites is 1. The molecule has 2 rings (SSSR count). The Morgan fingerprint density at radius 3 is 2.94 bits per heavy atom. The van der Waals surface area contributed by atoms with Crippen LogP contribution in [0.15, 0.2) is 24.3 Å². The van der Waals surface area contributed by atoms with Crippen molar-refractivity contribution in [2.45, 2.75) is 45.7 Å². The first-order valence-corrected chi connectivity index (χ1v) is 6.75. The van der Waals surface area contributed by atoms with Crippen molar-refractivity contribution in [3.8, 4) is 0 Å². The number of hydrogen-bond donors (Lipinski definition) is 1. The minimum absolute atomic E-state index is 0.118. The van der Waals surface area contributed by atoms with E-state index in [-0.39, 0.29) is 11.9 Å². The van der Waals surface area contributed by atoms with Gasteiger partial charge in [0.1, 0.15) is 0 Å². The SMILES string of the molecule is CCC(C)NC(=O)CN1c2ccccc2CC1C. The molecule has 0 radical (unpaired) electrons. The summed E-state index contributed by atoms with van der Waals surface area (Å²) < 4.78 is 0. The molecule has 2 atom stereocenters. The van der Waals surface area contributed by atoms with E-state index in [9.17, 15) is 4.79 Å². The van der Waals surface area contributed by atoms with Gasteiger partial charge in [0, 0.05) is 17.8 Å². The van der Waals surface area contributed by atoms with Gasteiger partial charge < -0.3 is 10.2 Å². The van der Waals surface area contributed by atoms with Crippen molar-refractivity contribution in [3.63, 3.8) is 0 Å². The smallest absolute Gasteiger partial charge is 0.239 e. The van der Waals surface area contributed by atoms with Crippen molar-refractivity contribution in [1.29, 1.82) is 0 Å². The fourth-order valence-corrected chi connectivity index (χ4v) is 2.45. The maximum absolute atomic E-state index is 12.0. The third-order valence-corrected chi connectivity index (χ3v) is 3.68. The van der Waals surface area contributed by atoms with Gasteiger partial charge in [-0.2, -0.15) is 0 Å². The number of carbonyl (C=O) groups is 1. The summed E-state index contributed by atoms with van der Waals surface area (Å²) in [5.41, 5.74) is 2.56. The molecule has 1 amide bonds. The topological polar surface area (TPSA) is 32.3 Å². The number of anilines is 1. The van der Waals surface area contributed by atoms with Crippen LogP contribution in [0.3, 0.4) is 0 Å². The molecule has 1 aliphatic rings. The third kappa shape index (κ3) is 2.66. The van der Waals surface area contributed by atoms with Gasteiger partial charge in [0.05, 0.1) is 6.54 Å². The lowest BCUT2D eigenvalue weighted by Crippen LogP contribution is -2.42. The molecule has 98 valence electrons. The zero-order chi connectivity index (χ0) is 13.1. The van der Waals surface area contributed by atoms with Gasteiger partial charge in [-0.1, -0.05) is 25.1 Å². The number of fused-ring (bicyclic) bond motifs is 1. The van der Waals surface area contributed by atoms with E-state index in [1.807, 2.05) is 13.0 Å². The van der Waals surface area contributed by atoms with Gasteiger partial charge in [0.15, 0.2) is 0 Å². The van der Waals surface area contributed by atoms with Crippen LogP contribution in [0.5, 0.6) is 0 Å². The molecule has 3 nitrogen and oxygen atoms in total. The van der Waals surface area contributed by atoms with Crippen LogP contribution in [0.25, 0.3) is 0 Å². The predicted octanol–water partition coefficient (Wildman–Crippen LogP) is 2.35. The van der Waals surface area contributed by atoms with Crippen LogP contribution in [0, 0.1) is 0 Å². The number of hydrogen-bond acceptors (Lipinski definition) is 2. The summed E-state index contributed by atoms with van der Waals surface area (Å²) in [7, 11) is 0. The Balaban J connectivity index is 2.03. The van der Waals surface area contributed by atoms with E-state index < -0.39 is 0 Å². The van der Waals surface area contributed by atoms with Gasteiger partial charge in [0.2, 0.25) is 5.91 Å². The summed E-state index contributed by atoms with van der Waals surface area (Å²) in [6, 6.07) is 9.02. The highest BCUT2D eigenvalue weighted by atomic mass is 16.2. The van der Waals surface area contributed by atoms with Gasteiger partial charge in [-0.05, 0) is 38.3 Å². The summed E-state index contributed by atoms with van der Waals surface area (Å²) >= 11 is 0. The van der Waals surface area contributed by atoms with E-state index in [2.05, 4.69) is 42.3 Å². The van der Waals surface area contributed by atoms with Crippen molar-refractivity contribution < 1.29 is 4.79 Å². The molecule has 0 bridgehead atoms. The van der Waals surface area contributed by atoms with Gasteiger partial charge in [-0.3, -0.25) is 4.79 Å². The lowest BCUT2D eigenvalue weighted by Gasteiger charge is -2.25. The number of benzene rings is 1. The fourth-order valence-electron chi connectivity index (χ4n) is 2.45. The standard InChI is InChI=1S/C15H22N2O/c1-4-11(2)16-15(18)10-17-12(3)9-13-7-5-6-8-14(13)17/h5-8,11-12H,4,9-10H2,1-3H3,(H,16,18). The number of nitrogens with one attached hydrogen (secondary N) is 1. The lowest BCUT2D eigenvalue weighted by molar-refractivity contribution is -0.120. The third-order valence-electron chi connectivity index (χ3n) is 3.68. The van der Waals surface area contributed by atoms with Crippen LogP contribution in [-0.4, -0.2) is 24.5 Å². The maximum atomic E-state index is 12.0. The quantitative estimate of drug-likeness (QED) is 0.884. The Morgan fingerprint density at radius 2 is 2.22 bits per heavy atom. The molecule has 0 fully saturated rings. The molecule has 2 unspecified atom stereocenters. The molecule has 1 aromatic rings. The minimum Gasteiger partial charge on any atom is -0.359 e. The molecule has 3 heteroatoms. The molecule has 18 heavy (non-hydrogen) atoms. The molecular weight excluding hydrogens is 224 g/mol. The van der Waals surface area contributed by atoms with E-state index in [0.717, 1.165) is 12.8 Å². The Kier molecular flexibility index (Phi) is 3.90. The van der Waals surface area contributed by atoms with E-state index in [4.69, 9.17) is 0 Å². The average Bonchev–Trinajstić information content (AvgIpc) is 2.66. The van der Waals surface area contributed by atoms with Gasteiger partial charge in [-0.25, -0.2) is 0 Å². The molecule has 1 heterocycles. The first kappa shape index (κ1) is 12.9. The van der Waals surface area contributed by atoms with E-state index in [1.54, 1.807) is 0 Å². The van der Waals surface area contributed by atoms with Crippen molar-refractivity contribution in [2.24, 2.45) is 0 Å². The highest BCUT2D eigenvalue weighted by molar-refractivity contribution is 5.82. The molecule has 1 aliphatic heterocycles. The second-order valence-corrected chi connectivity index (χ2v) is 5.19. The second kappa shape index (κ2) is 5.42. The van der Waals surface area contributed by atoms with E-state index in [1.165, 1.54) is 11.3 Å². The van der Waals surface area contributed by atoms with Crippen LogP contribution in [0.1, 0.15) is 32.8 Å². The Hall–Kier alpha value is -1.51. The van der Waals surface area contributed by atoms with Gasteiger partial charge in [0.25, 0.3) is 0 Å². The summed E-state index contributed by atoms with van der Waals surface area (Å²) in [4.78, 5) is 14.2. The van der Waals surface area contributed by atoms with Crippen LogP contribution in [0.2, 0.25) is 0 Å². The zero-order valence-electron chi connectivity index (χ0n) is 11.4. The molecule has 0 aliphatic carbocycles. The highest BCUT2D eigenvalue weighted by Crippen LogP contribution is 2.31. The predicted molar refractivity (Wildman–Crippen MR) is 74.8 cm³/mol. The van der Waals surface area contributed by atoms with Crippen LogP contribution >= 0.6 is 0 Å². The van der Waals surface area contributed by atoms with Crippen molar-refractivity contribution in [3.05, 3.63) is 29.8 Å². The Labute approximate surface area is 109 Å². The Bertz CT molecular complexity index is 430. The largest absolute Gasteiger partial charge is 0.359 e. The van der Waals surface area contributed by atoms with Crippen molar-refractivity contribution >= 4 is 11.6 Å². The number of rotatable bonds is 4. The van der Waals surface area contributed by atoms with Crippen molar-refractivity contribution in [2.75, 3.05) is 11.4 Å². The minimum atomic E-state index is 0.118. The number of nitrogens with zero attached hydrogens (tertiary/aromatic N) is 1. The van der Waals surface area contributed by atoms with Crippen LogP contribution in [-0.2, 0) is 11.2 Å². The van der Waals surface area contributed by atoms with E-state index >= 15 is 0 Å². The Morgan fingerprint density at radius 1 is 1.50 bits per heavy atom. The zero-order valence-corrected chi connectivity index (χ0v) is 11.4. The normalized spacial score (nSPS) is 19.5. The van der Waals surface area contributed by atoms with Gasteiger partial charge >= 0.3 is 0 Å². The molecule has 0 saturated carbocycles. The molecule has 0 saturated heterocycles. The molecule has 0 spiro atoms. The van der Waals surface area contributed by atoms with E-state index in [0.29, 0.717) is 12.6 Å². The second-order valence-electron chi connectivity index (χ2n) is 5.19. The molecule has 0 aromatic heterocycles. The van der Waals surface area contributed by atoms with Gasteiger partial charge in [-0.15, -0.1) is 0 Å². The molecule has 1 N–H and O–H groups in total. The first-order chi connectivity index (χ1) is 8.61.